The van der Waals surface area contributed by atoms with Crippen molar-refractivity contribution in [3.05, 3.63) is 116 Å². The lowest BCUT2D eigenvalue weighted by atomic mass is 9.91. The number of benzene rings is 3. The molecule has 198 valence electrons. The Morgan fingerprint density at radius 1 is 1.08 bits per heavy atom. The molecule has 1 unspecified atom stereocenters. The molecule has 0 saturated heterocycles. The molecule has 0 fully saturated rings. The van der Waals surface area contributed by atoms with Gasteiger partial charge in [0.15, 0.2) is 5.43 Å². The molecular formula is C31H32ClFN2O3. The van der Waals surface area contributed by atoms with Crippen LogP contribution in [0.1, 0.15) is 59.1 Å². The number of carbonyl (C=O) groups excluding carboxylic acids is 1. The molecule has 5 nitrogen and oxygen atoms in total. The third-order valence-corrected chi connectivity index (χ3v) is 7.05. The fraction of sp³-hybridized carbons (Fsp3) is 0.290. The van der Waals surface area contributed by atoms with Crippen molar-refractivity contribution in [3.63, 3.8) is 0 Å². The first-order valence-electron chi connectivity index (χ1n) is 12.8. The molecular weight excluding hydrogens is 503 g/mol. The van der Waals surface area contributed by atoms with Crippen LogP contribution in [0.15, 0.2) is 75.9 Å². The molecule has 0 radical (unpaired) electrons. The van der Waals surface area contributed by atoms with Crippen molar-refractivity contribution in [2.75, 3.05) is 13.1 Å². The number of carbonyl (C=O) groups is 1. The number of amides is 1. The molecule has 2 N–H and O–H groups in total. The van der Waals surface area contributed by atoms with Crippen molar-refractivity contribution in [2.45, 2.75) is 39.7 Å². The second-order valence-corrected chi connectivity index (χ2v) is 10.3. The summed E-state index contributed by atoms with van der Waals surface area (Å²) in [4.78, 5) is 29.5. The fourth-order valence-corrected chi connectivity index (χ4v) is 5.04. The van der Waals surface area contributed by atoms with E-state index in [4.69, 9.17) is 21.8 Å². The molecule has 4 aromatic rings. The van der Waals surface area contributed by atoms with Crippen molar-refractivity contribution in [3.8, 4) is 0 Å². The zero-order valence-electron chi connectivity index (χ0n) is 21.8. The number of hydrogen-bond donors (Lipinski definition) is 1. The molecule has 0 bridgehead atoms. The third kappa shape index (κ3) is 5.66. The van der Waals surface area contributed by atoms with E-state index >= 15 is 0 Å². The number of fused-ring (bicyclic) bond motifs is 1. The van der Waals surface area contributed by atoms with Crippen molar-refractivity contribution >= 4 is 28.5 Å². The van der Waals surface area contributed by atoms with Crippen molar-refractivity contribution < 1.29 is 13.6 Å². The summed E-state index contributed by atoms with van der Waals surface area (Å²) in [5.41, 5.74) is 8.01. The maximum atomic E-state index is 14.4. The van der Waals surface area contributed by atoms with Gasteiger partial charge < -0.3 is 15.1 Å². The molecule has 4 rings (SSSR count). The molecule has 1 heterocycles. The van der Waals surface area contributed by atoms with Gasteiger partial charge in [-0.1, -0.05) is 67.9 Å². The Balaban J connectivity index is 1.94. The van der Waals surface area contributed by atoms with E-state index in [0.717, 1.165) is 5.56 Å². The maximum absolute atomic E-state index is 14.4. The lowest BCUT2D eigenvalue weighted by Gasteiger charge is -2.35. The number of aryl methyl sites for hydroxylation is 1. The normalized spacial score (nSPS) is 12.2. The first-order valence-corrected chi connectivity index (χ1v) is 13.2. The first kappa shape index (κ1) is 27.6. The van der Waals surface area contributed by atoms with E-state index in [9.17, 15) is 14.0 Å². The molecule has 0 saturated carbocycles. The molecule has 0 aliphatic carbocycles. The summed E-state index contributed by atoms with van der Waals surface area (Å²) in [5, 5.41) is 0.621. The predicted octanol–water partition coefficient (Wildman–Crippen LogP) is 6.67. The molecule has 1 aromatic heterocycles. The number of nitrogens with two attached hydrogens (primary N) is 1. The van der Waals surface area contributed by atoms with Crippen LogP contribution >= 0.6 is 11.6 Å². The van der Waals surface area contributed by atoms with Gasteiger partial charge in [-0.25, -0.2) is 4.39 Å². The van der Waals surface area contributed by atoms with Crippen LogP contribution < -0.4 is 11.2 Å². The largest absolute Gasteiger partial charge is 0.458 e. The van der Waals surface area contributed by atoms with Gasteiger partial charge in [0.05, 0.1) is 16.5 Å². The van der Waals surface area contributed by atoms with Crippen LogP contribution in [0.3, 0.4) is 0 Å². The number of hydrogen-bond acceptors (Lipinski definition) is 4. The van der Waals surface area contributed by atoms with Gasteiger partial charge in [0.2, 0.25) is 0 Å². The maximum Gasteiger partial charge on any atom is 0.254 e. The van der Waals surface area contributed by atoms with Crippen LogP contribution in [0, 0.1) is 18.7 Å². The lowest BCUT2D eigenvalue weighted by Crippen LogP contribution is -2.40. The number of rotatable bonds is 9. The average molecular weight is 535 g/mol. The van der Waals surface area contributed by atoms with Crippen molar-refractivity contribution in [1.82, 2.24) is 4.90 Å². The highest BCUT2D eigenvalue weighted by Crippen LogP contribution is 2.35. The van der Waals surface area contributed by atoms with E-state index in [0.29, 0.717) is 58.8 Å². The number of halogens is 2. The topological polar surface area (TPSA) is 76.5 Å². The number of nitrogens with zero attached hydrogens (tertiary/aromatic N) is 1. The Morgan fingerprint density at radius 3 is 2.47 bits per heavy atom. The SMILES string of the molecule is Cc1ccc(C(=O)N(CCCN)C(c2oc3cccc(Cl)c3c(=O)c2Cc2ccccc2)C(C)C)cc1F. The van der Waals surface area contributed by atoms with Crippen LogP contribution in [0.25, 0.3) is 11.0 Å². The highest BCUT2D eigenvalue weighted by Gasteiger charge is 2.34. The summed E-state index contributed by atoms with van der Waals surface area (Å²) in [7, 11) is 0. The highest BCUT2D eigenvalue weighted by molar-refractivity contribution is 6.35. The summed E-state index contributed by atoms with van der Waals surface area (Å²) < 4.78 is 20.9. The molecule has 0 aliphatic rings. The minimum absolute atomic E-state index is 0.138. The minimum atomic E-state index is -0.604. The van der Waals surface area contributed by atoms with Gasteiger partial charge in [-0.3, -0.25) is 9.59 Å². The Hall–Kier alpha value is -3.48. The van der Waals surface area contributed by atoms with Crippen LogP contribution in [0.4, 0.5) is 4.39 Å². The molecule has 0 spiro atoms. The van der Waals surface area contributed by atoms with Crippen LogP contribution in [-0.4, -0.2) is 23.9 Å². The Kier molecular flexibility index (Phi) is 8.65. The summed E-state index contributed by atoms with van der Waals surface area (Å²) in [6.07, 6.45) is 0.835. The summed E-state index contributed by atoms with van der Waals surface area (Å²) in [6.45, 7) is 6.27. The first-order chi connectivity index (χ1) is 18.2. The van der Waals surface area contributed by atoms with E-state index in [1.165, 1.54) is 6.07 Å². The van der Waals surface area contributed by atoms with Crippen molar-refractivity contribution in [2.24, 2.45) is 11.7 Å². The lowest BCUT2D eigenvalue weighted by molar-refractivity contribution is 0.0587. The molecule has 7 heteroatoms. The van der Waals surface area contributed by atoms with Gasteiger partial charge in [-0.05, 0) is 61.2 Å². The van der Waals surface area contributed by atoms with E-state index < -0.39 is 11.9 Å². The zero-order chi connectivity index (χ0) is 27.4. The monoisotopic (exact) mass is 534 g/mol. The minimum Gasteiger partial charge on any atom is -0.458 e. The second kappa shape index (κ2) is 11.9. The quantitative estimate of drug-likeness (QED) is 0.260. The molecule has 1 amide bonds. The smallest absolute Gasteiger partial charge is 0.254 e. The Bertz CT molecular complexity index is 1500. The Morgan fingerprint density at radius 2 is 1.82 bits per heavy atom. The van der Waals surface area contributed by atoms with Crippen LogP contribution in [0.2, 0.25) is 5.02 Å². The third-order valence-electron chi connectivity index (χ3n) is 6.74. The average Bonchev–Trinajstić information content (AvgIpc) is 2.89. The molecule has 1 atom stereocenters. The van der Waals surface area contributed by atoms with E-state index in [-0.39, 0.29) is 22.8 Å². The standard InChI is InChI=1S/C31H32ClFN2O3/c1-19(2)28(35(16-8-15-34)31(37)22-14-13-20(3)25(33)18-22)30-23(17-21-9-5-4-6-10-21)29(36)27-24(32)11-7-12-26(27)38-30/h4-7,9-14,18-19,28H,8,15-17,34H2,1-3H3. The van der Waals surface area contributed by atoms with E-state index in [1.807, 2.05) is 44.2 Å². The fourth-order valence-electron chi connectivity index (χ4n) is 4.78. The van der Waals surface area contributed by atoms with Crippen LogP contribution in [0.5, 0.6) is 0 Å². The van der Waals surface area contributed by atoms with Gasteiger partial charge in [0, 0.05) is 24.1 Å². The highest BCUT2D eigenvalue weighted by atomic mass is 35.5. The summed E-state index contributed by atoms with van der Waals surface area (Å²) >= 11 is 6.45. The summed E-state index contributed by atoms with van der Waals surface area (Å²) in [5.74, 6) is -0.536. The van der Waals surface area contributed by atoms with E-state index in [1.54, 1.807) is 42.2 Å². The zero-order valence-corrected chi connectivity index (χ0v) is 22.6. The van der Waals surface area contributed by atoms with Gasteiger partial charge >= 0.3 is 0 Å². The van der Waals surface area contributed by atoms with Gasteiger partial charge in [0.1, 0.15) is 17.2 Å². The second-order valence-electron chi connectivity index (χ2n) is 9.84. The van der Waals surface area contributed by atoms with Crippen molar-refractivity contribution in [1.29, 1.82) is 0 Å². The molecule has 3 aromatic carbocycles. The molecule has 0 aliphatic heterocycles. The predicted molar refractivity (Wildman–Crippen MR) is 150 cm³/mol. The van der Waals surface area contributed by atoms with Crippen LogP contribution in [-0.2, 0) is 6.42 Å². The summed E-state index contributed by atoms with van der Waals surface area (Å²) in [6, 6.07) is 18.6. The van der Waals surface area contributed by atoms with Gasteiger partial charge in [-0.2, -0.15) is 0 Å². The Labute approximate surface area is 227 Å². The van der Waals surface area contributed by atoms with Gasteiger partial charge in [-0.15, -0.1) is 0 Å². The van der Waals surface area contributed by atoms with E-state index in [2.05, 4.69) is 0 Å². The molecule has 38 heavy (non-hydrogen) atoms. The van der Waals surface area contributed by atoms with Gasteiger partial charge in [0.25, 0.3) is 5.91 Å².